The van der Waals surface area contributed by atoms with Crippen LogP contribution in [0.3, 0.4) is 0 Å². The fourth-order valence-electron chi connectivity index (χ4n) is 4.10. The van der Waals surface area contributed by atoms with Gasteiger partial charge in [0, 0.05) is 34.3 Å². The molecule has 3 aromatic heterocycles. The Kier molecular flexibility index (Phi) is 5.95. The molecule has 0 amide bonds. The smallest absolute Gasteiger partial charge is 0.251 e. The lowest BCUT2D eigenvalue weighted by Crippen LogP contribution is -2.27. The number of alkyl halides is 1. The molecular formula is C25H18Cl2IN5O. The van der Waals surface area contributed by atoms with Crippen LogP contribution in [0.4, 0.5) is 0 Å². The molecule has 0 spiro atoms. The molecule has 0 aliphatic rings. The molecule has 0 aliphatic heterocycles. The molecule has 0 aliphatic carbocycles. The van der Waals surface area contributed by atoms with Gasteiger partial charge in [0.2, 0.25) is 0 Å². The lowest BCUT2D eigenvalue weighted by molar-refractivity contribution is 0.643. The summed E-state index contributed by atoms with van der Waals surface area (Å²) in [5.41, 5.74) is 4.79. The molecule has 0 radical (unpaired) electrons. The van der Waals surface area contributed by atoms with Gasteiger partial charge in [-0.3, -0.25) is 4.79 Å². The molecule has 0 saturated carbocycles. The van der Waals surface area contributed by atoms with Crippen molar-refractivity contribution >= 4 is 56.8 Å². The van der Waals surface area contributed by atoms with E-state index in [2.05, 4.69) is 32.9 Å². The van der Waals surface area contributed by atoms with Crippen LogP contribution in [0, 0.1) is 3.57 Å². The number of hydrogen-bond acceptors (Lipinski definition) is 4. The van der Waals surface area contributed by atoms with Gasteiger partial charge >= 0.3 is 0 Å². The largest absolute Gasteiger partial charge is 0.310 e. The number of aryl methyl sites for hydroxylation is 2. The Hall–Kier alpha value is -2.75. The molecule has 5 rings (SSSR count). The second-order valence-electron chi connectivity index (χ2n) is 7.94. The fraction of sp³-hybridized carbons (Fsp3) is 0.120. The molecule has 5 aromatic rings. The monoisotopic (exact) mass is 601 g/mol. The van der Waals surface area contributed by atoms with E-state index in [0.29, 0.717) is 33.0 Å². The summed E-state index contributed by atoms with van der Waals surface area (Å²) in [6, 6.07) is 20.6. The fourth-order valence-corrected chi connectivity index (χ4v) is 5.06. The molecule has 0 fully saturated rings. The van der Waals surface area contributed by atoms with Crippen LogP contribution in [0.25, 0.3) is 22.2 Å². The highest BCUT2D eigenvalue weighted by Gasteiger charge is 2.39. The van der Waals surface area contributed by atoms with Gasteiger partial charge < -0.3 is 4.57 Å². The summed E-state index contributed by atoms with van der Waals surface area (Å²) in [6.45, 7) is 0. The first-order chi connectivity index (χ1) is 16.3. The average molecular weight is 602 g/mol. The molecule has 34 heavy (non-hydrogen) atoms. The molecule has 2 aromatic carbocycles. The van der Waals surface area contributed by atoms with Crippen molar-refractivity contribution in [1.82, 2.24) is 24.5 Å². The Morgan fingerprint density at radius 1 is 1.00 bits per heavy atom. The number of rotatable bonds is 4. The second kappa shape index (κ2) is 8.79. The van der Waals surface area contributed by atoms with Crippen LogP contribution in [0.1, 0.15) is 17.0 Å². The third kappa shape index (κ3) is 3.81. The summed E-state index contributed by atoms with van der Waals surface area (Å²) in [4.78, 5) is 16.6. The van der Waals surface area contributed by atoms with Crippen molar-refractivity contribution in [3.63, 3.8) is 0 Å². The molecule has 0 bridgehead atoms. The summed E-state index contributed by atoms with van der Waals surface area (Å²) >= 11 is 16.0. The van der Waals surface area contributed by atoms with E-state index in [1.807, 2.05) is 54.6 Å². The predicted molar refractivity (Wildman–Crippen MR) is 143 cm³/mol. The average Bonchev–Trinajstić information content (AvgIpc) is 3.27. The van der Waals surface area contributed by atoms with Gasteiger partial charge in [0.05, 0.1) is 28.6 Å². The molecule has 0 unspecified atom stereocenters. The Labute approximate surface area is 219 Å². The summed E-state index contributed by atoms with van der Waals surface area (Å²) in [5, 5.41) is 8.74. The van der Waals surface area contributed by atoms with Crippen molar-refractivity contribution in [3.05, 3.63) is 109 Å². The van der Waals surface area contributed by atoms with Crippen LogP contribution >= 0.6 is 45.8 Å². The lowest BCUT2D eigenvalue weighted by Gasteiger charge is -2.27. The number of aromatic nitrogens is 5. The van der Waals surface area contributed by atoms with E-state index in [9.17, 15) is 4.79 Å². The number of fused-ring (bicyclic) bond motifs is 1. The van der Waals surface area contributed by atoms with Gasteiger partial charge in [-0.1, -0.05) is 41.1 Å². The van der Waals surface area contributed by atoms with Gasteiger partial charge in [-0.25, -0.2) is 9.67 Å². The zero-order chi connectivity index (χ0) is 24.0. The van der Waals surface area contributed by atoms with Gasteiger partial charge in [-0.05, 0) is 70.1 Å². The first-order valence-electron chi connectivity index (χ1n) is 10.4. The summed E-state index contributed by atoms with van der Waals surface area (Å²) in [6.07, 6.45) is 1.65. The number of benzene rings is 2. The van der Waals surface area contributed by atoms with Crippen molar-refractivity contribution in [2.24, 2.45) is 14.1 Å². The molecule has 3 heterocycles. The van der Waals surface area contributed by atoms with Crippen molar-refractivity contribution in [2.75, 3.05) is 0 Å². The van der Waals surface area contributed by atoms with Crippen molar-refractivity contribution in [2.45, 2.75) is 4.87 Å². The first kappa shape index (κ1) is 23.0. The van der Waals surface area contributed by atoms with E-state index >= 15 is 0 Å². The minimum absolute atomic E-state index is 0.136. The minimum Gasteiger partial charge on any atom is -0.310 e. The minimum atomic E-state index is -1.16. The molecule has 9 heteroatoms. The number of pyridine rings is 2. The van der Waals surface area contributed by atoms with Crippen LogP contribution in [-0.2, 0) is 19.0 Å². The molecule has 0 saturated heterocycles. The van der Waals surface area contributed by atoms with E-state index in [0.717, 1.165) is 14.7 Å². The van der Waals surface area contributed by atoms with Crippen LogP contribution < -0.4 is 5.56 Å². The Bertz CT molecular complexity index is 1600. The highest BCUT2D eigenvalue weighted by atomic mass is 127. The summed E-state index contributed by atoms with van der Waals surface area (Å²) < 4.78 is 4.32. The zero-order valence-corrected chi connectivity index (χ0v) is 21.9. The SMILES string of the molecule is Cn1nncc1[C@@](Cl)(c1ccc(I)cc1)c1ccc2c(n1)c(-c1cccc(Cl)c1)cc(=O)n2C. The normalized spacial score (nSPS) is 13.2. The van der Waals surface area contributed by atoms with E-state index in [1.165, 1.54) is 0 Å². The van der Waals surface area contributed by atoms with Crippen molar-refractivity contribution in [3.8, 4) is 11.1 Å². The molecule has 1 atom stereocenters. The number of nitrogens with zero attached hydrogens (tertiary/aromatic N) is 5. The second-order valence-corrected chi connectivity index (χ2v) is 10.2. The van der Waals surface area contributed by atoms with Crippen molar-refractivity contribution < 1.29 is 0 Å². The van der Waals surface area contributed by atoms with E-state index in [-0.39, 0.29) is 5.56 Å². The molecular weight excluding hydrogens is 584 g/mol. The maximum absolute atomic E-state index is 12.7. The Morgan fingerprint density at radius 2 is 1.76 bits per heavy atom. The van der Waals surface area contributed by atoms with E-state index in [1.54, 1.807) is 41.7 Å². The first-order valence-corrected chi connectivity index (χ1v) is 12.2. The molecule has 170 valence electrons. The molecule has 6 nitrogen and oxygen atoms in total. The van der Waals surface area contributed by atoms with Crippen LogP contribution in [0.2, 0.25) is 5.02 Å². The maximum Gasteiger partial charge on any atom is 0.251 e. The van der Waals surface area contributed by atoms with Crippen LogP contribution in [0.5, 0.6) is 0 Å². The highest BCUT2D eigenvalue weighted by molar-refractivity contribution is 14.1. The van der Waals surface area contributed by atoms with Crippen molar-refractivity contribution in [1.29, 1.82) is 0 Å². The quantitative estimate of drug-likeness (QED) is 0.201. The lowest BCUT2D eigenvalue weighted by atomic mass is 9.90. The van der Waals surface area contributed by atoms with Gasteiger partial charge in [-0.2, -0.15) is 0 Å². The molecule has 0 N–H and O–H groups in total. The highest BCUT2D eigenvalue weighted by Crippen LogP contribution is 2.42. The Morgan fingerprint density at radius 3 is 2.44 bits per heavy atom. The third-order valence-corrected chi connectivity index (χ3v) is 7.45. The van der Waals surface area contributed by atoms with Gasteiger partial charge in [0.1, 0.15) is 0 Å². The summed E-state index contributed by atoms with van der Waals surface area (Å²) in [7, 11) is 3.53. The van der Waals surface area contributed by atoms with Gasteiger partial charge in [0.15, 0.2) is 4.87 Å². The third-order valence-electron chi connectivity index (χ3n) is 5.89. The Balaban J connectivity index is 1.84. The van der Waals surface area contributed by atoms with Crippen LogP contribution in [-0.4, -0.2) is 24.5 Å². The van der Waals surface area contributed by atoms with E-state index in [4.69, 9.17) is 28.2 Å². The van der Waals surface area contributed by atoms with Gasteiger partial charge in [0.25, 0.3) is 5.56 Å². The summed E-state index contributed by atoms with van der Waals surface area (Å²) in [5.74, 6) is 0. The van der Waals surface area contributed by atoms with E-state index < -0.39 is 4.87 Å². The predicted octanol–water partition coefficient (Wildman–Crippen LogP) is 5.52. The zero-order valence-electron chi connectivity index (χ0n) is 18.2. The topological polar surface area (TPSA) is 65.6 Å². The number of halogens is 3. The van der Waals surface area contributed by atoms with Crippen LogP contribution in [0.15, 0.2) is 77.7 Å². The maximum atomic E-state index is 12.7. The van der Waals surface area contributed by atoms with Gasteiger partial charge in [-0.15, -0.1) is 16.7 Å². The number of hydrogen-bond donors (Lipinski definition) is 0. The standard InChI is InChI=1S/C25H18Cl2IN5O/c1-32-20-10-11-21(30-24(20)19(13-23(32)34)15-4-3-5-17(26)12-15)25(27,22-14-29-31-33(22)2)16-6-8-18(28)9-7-16/h3-14H,1-2H3/t25-/m1/s1.